The van der Waals surface area contributed by atoms with Gasteiger partial charge >= 0.3 is 0 Å². The zero-order valence-corrected chi connectivity index (χ0v) is 9.78. The van der Waals surface area contributed by atoms with Crippen molar-refractivity contribution in [3.8, 4) is 0 Å². The summed E-state index contributed by atoms with van der Waals surface area (Å²) >= 11 is 0. The molecule has 5 heteroatoms. The monoisotopic (exact) mass is 255 g/mol. The summed E-state index contributed by atoms with van der Waals surface area (Å²) in [5, 5.41) is 10.8. The van der Waals surface area contributed by atoms with Gasteiger partial charge in [-0.05, 0) is 6.07 Å². The maximum atomic E-state index is 12.0. The summed E-state index contributed by atoms with van der Waals surface area (Å²) in [6.45, 7) is 0. The number of para-hydroxylation sites is 1. The van der Waals surface area contributed by atoms with Gasteiger partial charge in [0.05, 0.1) is 4.92 Å². The summed E-state index contributed by atoms with van der Waals surface area (Å²) < 4.78 is 0. The van der Waals surface area contributed by atoms with Crippen LogP contribution in [-0.4, -0.2) is 16.5 Å². The highest BCUT2D eigenvalue weighted by Crippen LogP contribution is 2.19. The Morgan fingerprint density at radius 2 is 1.42 bits per heavy atom. The lowest BCUT2D eigenvalue weighted by Gasteiger charge is -2.01. The second kappa shape index (κ2) is 5.22. The molecule has 0 aliphatic rings. The summed E-state index contributed by atoms with van der Waals surface area (Å²) in [6.07, 6.45) is 0. The van der Waals surface area contributed by atoms with Crippen molar-refractivity contribution in [1.82, 2.24) is 0 Å². The van der Waals surface area contributed by atoms with Crippen molar-refractivity contribution >= 4 is 17.3 Å². The second-order valence-corrected chi connectivity index (χ2v) is 3.80. The van der Waals surface area contributed by atoms with Crippen molar-refractivity contribution in [2.24, 2.45) is 0 Å². The summed E-state index contributed by atoms with van der Waals surface area (Å²) in [5.41, 5.74) is -0.344. The maximum Gasteiger partial charge on any atom is 0.280 e. The minimum absolute atomic E-state index is 0.193. The van der Waals surface area contributed by atoms with E-state index in [1.165, 1.54) is 36.4 Å². The van der Waals surface area contributed by atoms with Gasteiger partial charge < -0.3 is 0 Å². The van der Waals surface area contributed by atoms with E-state index in [2.05, 4.69) is 0 Å². The van der Waals surface area contributed by atoms with E-state index < -0.39 is 16.5 Å². The van der Waals surface area contributed by atoms with Crippen LogP contribution in [0.2, 0.25) is 0 Å². The van der Waals surface area contributed by atoms with Crippen molar-refractivity contribution in [2.75, 3.05) is 0 Å². The molecule has 5 nitrogen and oxygen atoms in total. The van der Waals surface area contributed by atoms with Gasteiger partial charge in [0.2, 0.25) is 11.6 Å². The second-order valence-electron chi connectivity index (χ2n) is 3.80. The van der Waals surface area contributed by atoms with Crippen LogP contribution in [0.4, 0.5) is 5.69 Å². The molecule has 0 N–H and O–H groups in total. The fraction of sp³-hybridized carbons (Fsp3) is 0. The molecule has 0 spiro atoms. The van der Waals surface area contributed by atoms with E-state index in [0.29, 0.717) is 0 Å². The molecule has 0 unspecified atom stereocenters. The molecule has 0 bridgehead atoms. The molecule has 0 amide bonds. The molecule has 0 radical (unpaired) electrons. The van der Waals surface area contributed by atoms with Crippen LogP contribution in [0.1, 0.15) is 20.7 Å². The van der Waals surface area contributed by atoms with Gasteiger partial charge in [-0.2, -0.15) is 0 Å². The number of hydrogen-bond acceptors (Lipinski definition) is 4. The van der Waals surface area contributed by atoms with Crippen LogP contribution in [0.15, 0.2) is 54.6 Å². The van der Waals surface area contributed by atoms with Gasteiger partial charge in [-0.15, -0.1) is 0 Å². The van der Waals surface area contributed by atoms with Crippen LogP contribution in [0.25, 0.3) is 0 Å². The Labute approximate surface area is 108 Å². The first-order valence-corrected chi connectivity index (χ1v) is 5.49. The van der Waals surface area contributed by atoms with Gasteiger partial charge in [-0.3, -0.25) is 19.7 Å². The molecule has 0 aliphatic heterocycles. The minimum atomic E-state index is -0.876. The molecular formula is C14H9NO4. The molecule has 0 saturated heterocycles. The predicted octanol–water partition coefficient (Wildman–Crippen LogP) is 2.66. The number of rotatable bonds is 4. The SMILES string of the molecule is O=C(C(=O)c1ccccc1[N+](=O)[O-])c1ccccc1. The number of Topliss-reactive ketones (excluding diaryl/α,β-unsaturated/α-hetero) is 2. The molecule has 0 fully saturated rings. The zero-order valence-electron chi connectivity index (χ0n) is 9.78. The van der Waals surface area contributed by atoms with Crippen LogP contribution >= 0.6 is 0 Å². The van der Waals surface area contributed by atoms with Crippen molar-refractivity contribution in [3.63, 3.8) is 0 Å². The topological polar surface area (TPSA) is 77.3 Å². The molecule has 0 saturated carbocycles. The van der Waals surface area contributed by atoms with Gasteiger partial charge in [-0.25, -0.2) is 0 Å². The average Bonchev–Trinajstić information content (AvgIpc) is 2.46. The lowest BCUT2D eigenvalue weighted by molar-refractivity contribution is -0.385. The van der Waals surface area contributed by atoms with E-state index in [1.54, 1.807) is 18.2 Å². The number of carbonyl (C=O) groups excluding carboxylic acids is 2. The highest BCUT2D eigenvalue weighted by Gasteiger charge is 2.25. The number of nitrogens with zero attached hydrogens (tertiary/aromatic N) is 1. The van der Waals surface area contributed by atoms with Crippen molar-refractivity contribution < 1.29 is 14.5 Å². The zero-order chi connectivity index (χ0) is 13.8. The van der Waals surface area contributed by atoms with E-state index in [-0.39, 0.29) is 16.8 Å². The van der Waals surface area contributed by atoms with E-state index in [4.69, 9.17) is 0 Å². The highest BCUT2D eigenvalue weighted by atomic mass is 16.6. The smallest absolute Gasteiger partial charge is 0.280 e. The summed E-state index contributed by atoms with van der Waals surface area (Å²) in [4.78, 5) is 34.1. The molecule has 2 aromatic carbocycles. The first-order chi connectivity index (χ1) is 9.11. The molecule has 0 atom stereocenters. The average molecular weight is 255 g/mol. The number of nitro groups is 1. The third kappa shape index (κ3) is 2.55. The van der Waals surface area contributed by atoms with Gasteiger partial charge in [-0.1, -0.05) is 42.5 Å². The van der Waals surface area contributed by atoms with Crippen LogP contribution in [0.5, 0.6) is 0 Å². The third-order valence-corrected chi connectivity index (χ3v) is 2.59. The minimum Gasteiger partial charge on any atom is -0.285 e. The Morgan fingerprint density at radius 1 is 0.842 bits per heavy atom. The Bertz CT molecular complexity index is 650. The quantitative estimate of drug-likeness (QED) is 0.364. The fourth-order valence-electron chi connectivity index (χ4n) is 1.67. The molecule has 2 rings (SSSR count). The molecular weight excluding hydrogens is 246 g/mol. The predicted molar refractivity (Wildman–Crippen MR) is 68.2 cm³/mol. The standard InChI is InChI=1S/C14H9NO4/c16-13(10-6-2-1-3-7-10)14(17)11-8-4-5-9-12(11)15(18)19/h1-9H. The Morgan fingerprint density at radius 3 is 2.05 bits per heavy atom. The van der Waals surface area contributed by atoms with E-state index >= 15 is 0 Å². The first kappa shape index (κ1) is 12.6. The van der Waals surface area contributed by atoms with Gasteiger partial charge in [0.15, 0.2) is 0 Å². The Kier molecular flexibility index (Phi) is 3.47. The van der Waals surface area contributed by atoms with Crippen LogP contribution < -0.4 is 0 Å². The molecule has 19 heavy (non-hydrogen) atoms. The van der Waals surface area contributed by atoms with Crippen molar-refractivity contribution in [2.45, 2.75) is 0 Å². The van der Waals surface area contributed by atoms with Gasteiger partial charge in [0, 0.05) is 11.6 Å². The number of hydrogen-bond donors (Lipinski definition) is 0. The lowest BCUT2D eigenvalue weighted by Crippen LogP contribution is -2.15. The molecule has 2 aromatic rings. The van der Waals surface area contributed by atoms with E-state index in [9.17, 15) is 19.7 Å². The molecule has 94 valence electrons. The fourth-order valence-corrected chi connectivity index (χ4v) is 1.67. The number of benzene rings is 2. The van der Waals surface area contributed by atoms with E-state index in [0.717, 1.165) is 0 Å². The number of carbonyl (C=O) groups is 2. The Balaban J connectivity index is 2.41. The Hall–Kier alpha value is -2.82. The van der Waals surface area contributed by atoms with E-state index in [1.807, 2.05) is 0 Å². The van der Waals surface area contributed by atoms with Crippen LogP contribution in [-0.2, 0) is 0 Å². The third-order valence-electron chi connectivity index (χ3n) is 2.59. The number of ketones is 2. The maximum absolute atomic E-state index is 12.0. The first-order valence-electron chi connectivity index (χ1n) is 5.49. The lowest BCUT2D eigenvalue weighted by atomic mass is 10.0. The number of nitro benzene ring substituents is 1. The molecule has 0 aliphatic carbocycles. The van der Waals surface area contributed by atoms with Crippen molar-refractivity contribution in [1.29, 1.82) is 0 Å². The van der Waals surface area contributed by atoms with Crippen LogP contribution in [0.3, 0.4) is 0 Å². The van der Waals surface area contributed by atoms with Gasteiger partial charge in [0.1, 0.15) is 5.56 Å². The summed E-state index contributed by atoms with van der Waals surface area (Å²) in [5.74, 6) is -1.63. The largest absolute Gasteiger partial charge is 0.285 e. The normalized spacial score (nSPS) is 9.89. The molecule has 0 heterocycles. The highest BCUT2D eigenvalue weighted by molar-refractivity contribution is 6.49. The summed E-state index contributed by atoms with van der Waals surface area (Å²) in [7, 11) is 0. The van der Waals surface area contributed by atoms with Crippen LogP contribution in [0, 0.1) is 10.1 Å². The van der Waals surface area contributed by atoms with Crippen molar-refractivity contribution in [3.05, 3.63) is 75.8 Å². The molecule has 0 aromatic heterocycles. The summed E-state index contributed by atoms with van der Waals surface area (Å²) in [6, 6.07) is 13.4. The van der Waals surface area contributed by atoms with Gasteiger partial charge in [0.25, 0.3) is 5.69 Å².